The number of Topliss-reactive ketones (excluding diaryl/α,β-unsaturated/α-hetero) is 1. The number of aromatic nitrogens is 1. The molecule has 1 aliphatic carbocycles. The molecular formula is C21H23N3O2. The van der Waals surface area contributed by atoms with Crippen LogP contribution in [0.25, 0.3) is 0 Å². The average molecular weight is 349 g/mol. The first-order chi connectivity index (χ1) is 12.5. The third-order valence-electron chi connectivity index (χ3n) is 5.59. The molecule has 1 aromatic heterocycles. The van der Waals surface area contributed by atoms with Crippen molar-refractivity contribution in [1.82, 2.24) is 10.3 Å². The summed E-state index contributed by atoms with van der Waals surface area (Å²) in [4.78, 5) is 30.9. The molecule has 0 radical (unpaired) electrons. The number of carbonyl (C=O) groups excluding carboxylic acids is 2. The standard InChI is InChI=1S/C21H23N3O2/c1-21(2,15-8-10-22-11-9-15)13-23-20(26)24-12-14-6-7-18(25)16-4-3-5-17(24)19(14)16/h3-5,8-11,14H,6-7,12-13H2,1-2H3,(H,23,26). The Morgan fingerprint density at radius 1 is 1.27 bits per heavy atom. The second-order valence-electron chi connectivity index (χ2n) is 7.79. The van der Waals surface area contributed by atoms with Crippen molar-refractivity contribution in [2.45, 2.75) is 38.0 Å². The zero-order valence-electron chi connectivity index (χ0n) is 15.2. The fraction of sp³-hybridized carbons (Fsp3) is 0.381. The summed E-state index contributed by atoms with van der Waals surface area (Å²) in [6.07, 6.45) is 4.95. The van der Waals surface area contributed by atoms with Crippen LogP contribution < -0.4 is 10.2 Å². The minimum Gasteiger partial charge on any atom is -0.337 e. The molecule has 0 bridgehead atoms. The van der Waals surface area contributed by atoms with E-state index in [1.54, 1.807) is 17.3 Å². The van der Waals surface area contributed by atoms with Gasteiger partial charge in [-0.25, -0.2) is 4.79 Å². The average Bonchev–Trinajstić information content (AvgIpc) is 3.04. The zero-order valence-corrected chi connectivity index (χ0v) is 15.2. The van der Waals surface area contributed by atoms with E-state index in [4.69, 9.17) is 0 Å². The number of urea groups is 1. The number of amides is 2. The number of anilines is 1. The maximum absolute atomic E-state index is 12.9. The van der Waals surface area contributed by atoms with Crippen molar-refractivity contribution in [3.63, 3.8) is 0 Å². The summed E-state index contributed by atoms with van der Waals surface area (Å²) >= 11 is 0. The molecule has 1 aromatic carbocycles. The minimum absolute atomic E-state index is 0.0950. The van der Waals surface area contributed by atoms with E-state index >= 15 is 0 Å². The van der Waals surface area contributed by atoms with Gasteiger partial charge >= 0.3 is 6.03 Å². The summed E-state index contributed by atoms with van der Waals surface area (Å²) in [5.74, 6) is 0.469. The van der Waals surface area contributed by atoms with Gasteiger partial charge in [-0.15, -0.1) is 0 Å². The number of rotatable bonds is 3. The molecule has 0 saturated heterocycles. The first-order valence-corrected chi connectivity index (χ1v) is 9.09. The molecule has 2 aliphatic rings. The molecule has 1 N–H and O–H groups in total. The maximum Gasteiger partial charge on any atom is 0.321 e. The first-order valence-electron chi connectivity index (χ1n) is 9.09. The van der Waals surface area contributed by atoms with Gasteiger partial charge in [-0.1, -0.05) is 26.0 Å². The van der Waals surface area contributed by atoms with Crippen LogP contribution in [0.5, 0.6) is 0 Å². The Morgan fingerprint density at radius 3 is 2.81 bits per heavy atom. The highest BCUT2D eigenvalue weighted by Gasteiger charge is 2.38. The largest absolute Gasteiger partial charge is 0.337 e. The van der Waals surface area contributed by atoms with Gasteiger partial charge in [0.15, 0.2) is 5.78 Å². The second-order valence-corrected chi connectivity index (χ2v) is 7.79. The molecule has 5 heteroatoms. The molecule has 0 fully saturated rings. The summed E-state index contributed by atoms with van der Waals surface area (Å²) < 4.78 is 0. The monoisotopic (exact) mass is 349 g/mol. The Balaban J connectivity index is 1.52. The first kappa shape index (κ1) is 16.8. The van der Waals surface area contributed by atoms with Crippen molar-refractivity contribution in [2.75, 3.05) is 18.0 Å². The van der Waals surface area contributed by atoms with Gasteiger partial charge in [-0.2, -0.15) is 0 Å². The number of ketones is 1. The number of pyridine rings is 1. The molecule has 0 saturated carbocycles. The van der Waals surface area contributed by atoms with Gasteiger partial charge in [0.2, 0.25) is 0 Å². The SMILES string of the molecule is CC(C)(CNC(=O)N1CC2CCC(=O)c3cccc1c32)c1ccncc1. The molecule has 2 aromatic rings. The number of hydrogen-bond acceptors (Lipinski definition) is 3. The van der Waals surface area contributed by atoms with Crippen LogP contribution >= 0.6 is 0 Å². The molecule has 2 amide bonds. The van der Waals surface area contributed by atoms with Crippen molar-refractivity contribution in [2.24, 2.45) is 0 Å². The number of carbonyl (C=O) groups is 2. The molecule has 134 valence electrons. The Morgan fingerprint density at radius 2 is 2.04 bits per heavy atom. The fourth-order valence-corrected chi connectivity index (χ4v) is 4.04. The summed E-state index contributed by atoms with van der Waals surface area (Å²) in [6.45, 7) is 5.40. The third kappa shape index (κ3) is 2.77. The molecule has 5 nitrogen and oxygen atoms in total. The Labute approximate surface area is 153 Å². The van der Waals surface area contributed by atoms with Crippen LogP contribution in [0.3, 0.4) is 0 Å². The molecule has 1 unspecified atom stereocenters. The van der Waals surface area contributed by atoms with Crippen LogP contribution in [0.1, 0.15) is 54.1 Å². The van der Waals surface area contributed by atoms with E-state index in [0.717, 1.165) is 28.8 Å². The van der Waals surface area contributed by atoms with Crippen LogP contribution in [0.4, 0.5) is 10.5 Å². The lowest BCUT2D eigenvalue weighted by atomic mass is 9.83. The lowest BCUT2D eigenvalue weighted by molar-refractivity contribution is 0.0968. The van der Waals surface area contributed by atoms with Crippen molar-refractivity contribution in [3.8, 4) is 0 Å². The molecule has 0 spiro atoms. The van der Waals surface area contributed by atoms with Crippen molar-refractivity contribution >= 4 is 17.5 Å². The summed E-state index contributed by atoms with van der Waals surface area (Å²) in [6, 6.07) is 9.58. The minimum atomic E-state index is -0.188. The Hall–Kier alpha value is -2.69. The van der Waals surface area contributed by atoms with E-state index in [2.05, 4.69) is 24.1 Å². The summed E-state index contributed by atoms with van der Waals surface area (Å²) in [5.41, 5.74) is 3.70. The highest BCUT2D eigenvalue weighted by molar-refractivity contribution is 6.04. The number of benzene rings is 1. The Kier molecular flexibility index (Phi) is 4.02. The maximum atomic E-state index is 12.9. The van der Waals surface area contributed by atoms with Crippen molar-refractivity contribution < 1.29 is 9.59 Å². The van der Waals surface area contributed by atoms with Crippen LogP contribution in [0, 0.1) is 0 Å². The van der Waals surface area contributed by atoms with Gasteiger partial charge < -0.3 is 5.32 Å². The topological polar surface area (TPSA) is 62.3 Å². The highest BCUT2D eigenvalue weighted by atomic mass is 16.2. The van der Waals surface area contributed by atoms with Gasteiger partial charge in [-0.05, 0) is 35.7 Å². The van der Waals surface area contributed by atoms with Crippen LogP contribution in [0.2, 0.25) is 0 Å². The summed E-state index contributed by atoms with van der Waals surface area (Å²) in [5, 5.41) is 3.08. The highest BCUT2D eigenvalue weighted by Crippen LogP contribution is 2.44. The number of nitrogens with zero attached hydrogens (tertiary/aromatic N) is 2. The normalized spacial score (nSPS) is 18.6. The van der Waals surface area contributed by atoms with Crippen LogP contribution in [-0.2, 0) is 5.41 Å². The second kappa shape index (κ2) is 6.24. The summed E-state index contributed by atoms with van der Waals surface area (Å²) in [7, 11) is 0. The smallest absolute Gasteiger partial charge is 0.321 e. The van der Waals surface area contributed by atoms with E-state index in [1.807, 2.05) is 30.3 Å². The number of nitrogens with one attached hydrogen (secondary N) is 1. The van der Waals surface area contributed by atoms with Crippen molar-refractivity contribution in [1.29, 1.82) is 0 Å². The van der Waals surface area contributed by atoms with Crippen LogP contribution in [-0.4, -0.2) is 29.9 Å². The Bertz CT molecular complexity index is 861. The molecule has 4 rings (SSSR count). The number of hydrogen-bond donors (Lipinski definition) is 1. The van der Waals surface area contributed by atoms with Gasteiger partial charge in [-0.3, -0.25) is 14.7 Å². The van der Waals surface area contributed by atoms with E-state index in [-0.39, 0.29) is 23.1 Å². The lowest BCUT2D eigenvalue weighted by Crippen LogP contribution is -2.44. The predicted octanol–water partition coefficient (Wildman–Crippen LogP) is 3.65. The van der Waals surface area contributed by atoms with Gasteiger partial charge in [0.25, 0.3) is 0 Å². The quantitative estimate of drug-likeness (QED) is 0.920. The van der Waals surface area contributed by atoms with E-state index in [1.165, 1.54) is 0 Å². The third-order valence-corrected chi connectivity index (χ3v) is 5.59. The molecule has 1 atom stereocenters. The van der Waals surface area contributed by atoms with E-state index in [9.17, 15) is 9.59 Å². The van der Waals surface area contributed by atoms with Gasteiger partial charge in [0, 0.05) is 54.5 Å². The fourth-order valence-electron chi connectivity index (χ4n) is 4.04. The lowest BCUT2D eigenvalue weighted by Gasteiger charge is -2.27. The van der Waals surface area contributed by atoms with Gasteiger partial charge in [0.1, 0.15) is 0 Å². The zero-order chi connectivity index (χ0) is 18.3. The molecule has 1 aliphatic heterocycles. The predicted molar refractivity (Wildman–Crippen MR) is 101 cm³/mol. The van der Waals surface area contributed by atoms with Crippen LogP contribution in [0.15, 0.2) is 42.7 Å². The van der Waals surface area contributed by atoms with Gasteiger partial charge in [0.05, 0.1) is 0 Å². The molecule has 2 heterocycles. The van der Waals surface area contributed by atoms with Crippen molar-refractivity contribution in [3.05, 3.63) is 59.4 Å². The molecule has 26 heavy (non-hydrogen) atoms. The molecular weight excluding hydrogens is 326 g/mol. The van der Waals surface area contributed by atoms with E-state index < -0.39 is 0 Å². The van der Waals surface area contributed by atoms with E-state index in [0.29, 0.717) is 19.5 Å².